The van der Waals surface area contributed by atoms with Crippen molar-refractivity contribution in [3.63, 3.8) is 0 Å². The predicted molar refractivity (Wildman–Crippen MR) is 51.2 cm³/mol. The average molecular weight is 198 g/mol. The first kappa shape index (κ1) is 9.93. The summed E-state index contributed by atoms with van der Waals surface area (Å²) in [6.07, 6.45) is 3.04. The van der Waals surface area contributed by atoms with E-state index in [1.165, 1.54) is 25.7 Å². The maximum atomic E-state index is 11.3. The fraction of sp³-hybridized carbons (Fsp3) is 0.250. The van der Waals surface area contributed by atoms with Gasteiger partial charge < -0.3 is 9.65 Å². The number of amides is 1. The molecule has 0 spiro atoms. The Morgan fingerprint density at radius 3 is 2.38 bits per heavy atom. The van der Waals surface area contributed by atoms with Crippen LogP contribution in [-0.2, 0) is 4.57 Å². The summed E-state index contributed by atoms with van der Waals surface area (Å²) in [4.78, 5) is 15.1. The highest BCUT2D eigenvalue weighted by molar-refractivity contribution is 7.61. The van der Waals surface area contributed by atoms with E-state index in [1.807, 2.05) is 0 Å². The maximum Gasteiger partial charge on any atom is 0.256 e. The van der Waals surface area contributed by atoms with Gasteiger partial charge in [0, 0.05) is 31.3 Å². The van der Waals surface area contributed by atoms with Crippen molar-refractivity contribution in [2.45, 2.75) is 0 Å². The van der Waals surface area contributed by atoms with Gasteiger partial charge in [-0.1, -0.05) is 0 Å². The molecule has 0 saturated heterocycles. The van der Waals surface area contributed by atoms with Gasteiger partial charge in [0.05, 0.1) is 0 Å². The van der Waals surface area contributed by atoms with Crippen molar-refractivity contribution < 1.29 is 9.36 Å². The quantitative estimate of drug-likeness (QED) is 0.729. The second-order valence-electron chi connectivity index (χ2n) is 3.03. The minimum Gasteiger partial charge on any atom is -0.303 e. The second-order valence-corrected chi connectivity index (χ2v) is 5.95. The molecule has 1 amide bonds. The molecule has 5 heteroatoms. The van der Waals surface area contributed by atoms with Gasteiger partial charge in [-0.25, -0.2) is 0 Å². The molecule has 0 atom stereocenters. The van der Waals surface area contributed by atoms with Crippen LogP contribution < -0.4 is 5.09 Å². The second kappa shape index (κ2) is 3.71. The van der Waals surface area contributed by atoms with Crippen LogP contribution in [0.25, 0.3) is 0 Å². The molecule has 1 N–H and O–H groups in total. The molecule has 1 rings (SSSR count). The van der Waals surface area contributed by atoms with Gasteiger partial charge in [-0.15, -0.1) is 0 Å². The molecule has 0 saturated carbocycles. The molecule has 0 aromatic carbocycles. The zero-order valence-corrected chi connectivity index (χ0v) is 8.41. The third kappa shape index (κ3) is 3.38. The van der Waals surface area contributed by atoms with Crippen LogP contribution in [0.2, 0.25) is 0 Å². The molecule has 0 aliphatic carbocycles. The first-order valence-electron chi connectivity index (χ1n) is 3.77. The Morgan fingerprint density at radius 1 is 1.38 bits per heavy atom. The van der Waals surface area contributed by atoms with Crippen LogP contribution in [0.5, 0.6) is 0 Å². The van der Waals surface area contributed by atoms with E-state index in [2.05, 4.69) is 10.1 Å². The van der Waals surface area contributed by atoms with Gasteiger partial charge >= 0.3 is 0 Å². The van der Waals surface area contributed by atoms with Crippen LogP contribution in [-0.4, -0.2) is 24.2 Å². The Balaban J connectivity index is 2.76. The number of hydrogen-bond donors (Lipinski definition) is 1. The molecule has 1 aromatic heterocycles. The highest BCUT2D eigenvalue weighted by atomic mass is 31.2. The number of carbonyl (C=O) groups is 1. The van der Waals surface area contributed by atoms with E-state index in [0.29, 0.717) is 5.56 Å². The molecule has 1 heterocycles. The summed E-state index contributed by atoms with van der Waals surface area (Å²) < 4.78 is 11.3. The molecule has 4 nitrogen and oxygen atoms in total. The summed E-state index contributed by atoms with van der Waals surface area (Å²) in [6.45, 7) is 3.01. The van der Waals surface area contributed by atoms with E-state index < -0.39 is 7.29 Å². The number of nitrogens with one attached hydrogen (secondary N) is 1. The molecule has 0 fully saturated rings. The summed E-state index contributed by atoms with van der Waals surface area (Å²) in [5.41, 5.74) is 0.471. The summed E-state index contributed by atoms with van der Waals surface area (Å²) in [7, 11) is -2.51. The van der Waals surface area contributed by atoms with E-state index in [0.717, 1.165) is 0 Å². The molecule has 0 bridgehead atoms. The average Bonchev–Trinajstić information content (AvgIpc) is 2.03. The number of carbonyl (C=O) groups excluding carboxylic acids is 1. The molecule has 1 aromatic rings. The standard InChI is InChI=1S/C8H11N2O2P/c1-13(2,12)10-8(11)7-3-5-9-6-4-7/h3-6H,1-2H3,(H,10,11,12). The zero-order chi connectivity index (χ0) is 9.90. The topological polar surface area (TPSA) is 59.1 Å². The lowest BCUT2D eigenvalue weighted by molar-refractivity contribution is 0.0981. The van der Waals surface area contributed by atoms with Crippen molar-refractivity contribution in [1.82, 2.24) is 10.1 Å². The lowest BCUT2D eigenvalue weighted by Gasteiger charge is -2.08. The number of nitrogens with zero attached hydrogens (tertiary/aromatic N) is 1. The van der Waals surface area contributed by atoms with Crippen molar-refractivity contribution in [2.75, 3.05) is 13.3 Å². The third-order valence-corrected chi connectivity index (χ3v) is 2.05. The normalized spacial score (nSPS) is 10.9. The first-order chi connectivity index (χ1) is 5.99. The van der Waals surface area contributed by atoms with E-state index in [9.17, 15) is 9.36 Å². The Morgan fingerprint density at radius 2 is 1.92 bits per heavy atom. The van der Waals surface area contributed by atoms with Crippen LogP contribution in [0.1, 0.15) is 10.4 Å². The number of rotatable bonds is 2. The van der Waals surface area contributed by atoms with Crippen molar-refractivity contribution in [1.29, 1.82) is 0 Å². The first-order valence-corrected chi connectivity index (χ1v) is 6.37. The fourth-order valence-electron chi connectivity index (χ4n) is 0.812. The van der Waals surface area contributed by atoms with Crippen molar-refractivity contribution >= 4 is 13.2 Å². The fourth-order valence-corrected chi connectivity index (χ4v) is 1.43. The van der Waals surface area contributed by atoms with E-state index in [4.69, 9.17) is 0 Å². The van der Waals surface area contributed by atoms with Crippen molar-refractivity contribution in [3.05, 3.63) is 30.1 Å². The number of pyridine rings is 1. The smallest absolute Gasteiger partial charge is 0.256 e. The van der Waals surface area contributed by atoms with Crippen LogP contribution in [0.4, 0.5) is 0 Å². The molecule has 0 aliphatic rings. The minimum absolute atomic E-state index is 0.323. The van der Waals surface area contributed by atoms with E-state index >= 15 is 0 Å². The minimum atomic E-state index is -2.51. The highest BCUT2D eigenvalue weighted by Gasteiger charge is 2.12. The largest absolute Gasteiger partial charge is 0.303 e. The Labute approximate surface area is 76.8 Å². The Kier molecular flexibility index (Phi) is 2.83. The summed E-state index contributed by atoms with van der Waals surface area (Å²) in [5.74, 6) is -0.323. The lowest BCUT2D eigenvalue weighted by atomic mass is 10.3. The molecule has 0 unspecified atom stereocenters. The van der Waals surface area contributed by atoms with Gasteiger partial charge in [0.25, 0.3) is 5.91 Å². The molecule has 70 valence electrons. The molecule has 13 heavy (non-hydrogen) atoms. The highest BCUT2D eigenvalue weighted by Crippen LogP contribution is 2.29. The maximum absolute atomic E-state index is 11.3. The van der Waals surface area contributed by atoms with Crippen LogP contribution in [0.3, 0.4) is 0 Å². The van der Waals surface area contributed by atoms with Gasteiger partial charge in [-0.3, -0.25) is 9.78 Å². The number of aromatic nitrogens is 1. The van der Waals surface area contributed by atoms with Gasteiger partial charge in [-0.05, 0) is 12.1 Å². The Hall–Kier alpha value is -1.15. The number of hydrogen-bond acceptors (Lipinski definition) is 3. The summed E-state index contributed by atoms with van der Waals surface area (Å²) >= 11 is 0. The third-order valence-electron chi connectivity index (χ3n) is 1.31. The van der Waals surface area contributed by atoms with E-state index in [1.54, 1.807) is 12.1 Å². The monoisotopic (exact) mass is 198 g/mol. The van der Waals surface area contributed by atoms with Gasteiger partial charge in [0.2, 0.25) is 0 Å². The summed E-state index contributed by atoms with van der Waals surface area (Å²) in [6, 6.07) is 3.15. The molecular weight excluding hydrogens is 187 g/mol. The van der Waals surface area contributed by atoms with Gasteiger partial charge in [0.15, 0.2) is 7.29 Å². The van der Waals surface area contributed by atoms with Gasteiger partial charge in [-0.2, -0.15) is 0 Å². The lowest BCUT2D eigenvalue weighted by Crippen LogP contribution is -2.19. The van der Waals surface area contributed by atoms with Crippen LogP contribution in [0, 0.1) is 0 Å². The van der Waals surface area contributed by atoms with Crippen LogP contribution >= 0.6 is 7.29 Å². The van der Waals surface area contributed by atoms with Crippen molar-refractivity contribution in [3.8, 4) is 0 Å². The van der Waals surface area contributed by atoms with E-state index in [-0.39, 0.29) is 5.91 Å². The summed E-state index contributed by atoms with van der Waals surface area (Å²) in [5, 5.41) is 2.42. The zero-order valence-electron chi connectivity index (χ0n) is 7.52. The van der Waals surface area contributed by atoms with Gasteiger partial charge in [0.1, 0.15) is 0 Å². The molecule has 0 radical (unpaired) electrons. The molecule has 0 aliphatic heterocycles. The Bertz CT molecular complexity index is 344. The van der Waals surface area contributed by atoms with Crippen molar-refractivity contribution in [2.24, 2.45) is 0 Å². The SMILES string of the molecule is CP(C)(=O)NC(=O)c1ccncc1. The predicted octanol–water partition coefficient (Wildman–Crippen LogP) is 1.35. The van der Waals surface area contributed by atoms with Crippen LogP contribution in [0.15, 0.2) is 24.5 Å². The molecular formula is C8H11N2O2P.